The van der Waals surface area contributed by atoms with Gasteiger partial charge in [-0.05, 0) is 31.6 Å². The third kappa shape index (κ3) is 2.78. The summed E-state index contributed by atoms with van der Waals surface area (Å²) in [5, 5.41) is 0.606. The maximum absolute atomic E-state index is 14.0. The zero-order valence-electron chi connectivity index (χ0n) is 11.8. The number of aryl methyl sites for hydroxylation is 1. The smallest absolute Gasteiger partial charge is 0.153 e. The Morgan fingerprint density at radius 1 is 1.38 bits per heavy atom. The van der Waals surface area contributed by atoms with Gasteiger partial charge in [-0.3, -0.25) is 0 Å². The zero-order chi connectivity index (χ0) is 15.0. The molecule has 1 aliphatic carbocycles. The first-order valence-corrected chi connectivity index (χ1v) is 8.91. The predicted octanol–water partition coefficient (Wildman–Crippen LogP) is 4.55. The van der Waals surface area contributed by atoms with Crippen LogP contribution in [0.3, 0.4) is 0 Å². The van der Waals surface area contributed by atoms with Crippen LogP contribution >= 0.6 is 23.4 Å². The second kappa shape index (κ2) is 6.13. The minimum Gasteiger partial charge on any atom is -0.325 e. The van der Waals surface area contributed by atoms with E-state index in [1.807, 2.05) is 16.3 Å². The quantitative estimate of drug-likeness (QED) is 0.765. The molecule has 0 N–H and O–H groups in total. The van der Waals surface area contributed by atoms with Crippen LogP contribution in [0.1, 0.15) is 31.1 Å². The average molecular weight is 331 g/mol. The molecule has 0 spiro atoms. The Hall–Kier alpha value is -0.810. The summed E-state index contributed by atoms with van der Waals surface area (Å²) >= 11 is 7.70. The number of rotatable bonds is 4. The predicted molar refractivity (Wildman–Crippen MR) is 84.3 cm³/mol. The van der Waals surface area contributed by atoms with Crippen molar-refractivity contribution in [3.8, 4) is 0 Å². The van der Waals surface area contributed by atoms with Gasteiger partial charge in [0.25, 0.3) is 0 Å². The van der Waals surface area contributed by atoms with Gasteiger partial charge >= 0.3 is 0 Å². The van der Waals surface area contributed by atoms with Crippen LogP contribution in [-0.2, 0) is 6.42 Å². The highest BCUT2D eigenvalue weighted by molar-refractivity contribution is 7.99. The Balaban J connectivity index is 2.12. The Morgan fingerprint density at radius 3 is 2.86 bits per heavy atom. The summed E-state index contributed by atoms with van der Waals surface area (Å²) in [5.74, 6) is 0.0276. The molecule has 3 rings (SSSR count). The van der Waals surface area contributed by atoms with E-state index in [2.05, 4.69) is 11.2 Å². The van der Waals surface area contributed by atoms with E-state index in [1.165, 1.54) is 6.07 Å². The van der Waals surface area contributed by atoms with Crippen molar-refractivity contribution in [3.05, 3.63) is 29.6 Å². The number of hydrogen-bond donors (Lipinski definition) is 0. The van der Waals surface area contributed by atoms with Crippen LogP contribution < -0.4 is 0 Å². The van der Waals surface area contributed by atoms with Crippen LogP contribution in [0.2, 0.25) is 0 Å². The van der Waals surface area contributed by atoms with Gasteiger partial charge in [0.1, 0.15) is 17.2 Å². The van der Waals surface area contributed by atoms with Gasteiger partial charge in [0.15, 0.2) is 5.82 Å². The number of benzene rings is 1. The number of halogens is 3. The van der Waals surface area contributed by atoms with Crippen LogP contribution in [-0.4, -0.2) is 26.9 Å². The lowest BCUT2D eigenvalue weighted by atomic mass is 10.2. The molecule has 6 heteroatoms. The Labute approximate surface area is 131 Å². The standard InChI is InChI=1S/C15H17ClF2N2S/c1-21-11-3-2-10(8-11)20-13-7-9(17)6-12(18)15(13)19-14(20)4-5-16/h6-7,10-11H,2-5,8H2,1H3. The van der Waals surface area contributed by atoms with Gasteiger partial charge in [0.05, 0.1) is 5.52 Å². The molecular weight excluding hydrogens is 314 g/mol. The second-order valence-electron chi connectivity index (χ2n) is 5.42. The molecule has 2 atom stereocenters. The molecule has 1 heterocycles. The number of aromatic nitrogens is 2. The van der Waals surface area contributed by atoms with Crippen LogP contribution in [0.25, 0.3) is 11.0 Å². The summed E-state index contributed by atoms with van der Waals surface area (Å²) in [5.41, 5.74) is 0.809. The van der Waals surface area contributed by atoms with E-state index in [-0.39, 0.29) is 11.6 Å². The van der Waals surface area contributed by atoms with Gasteiger partial charge < -0.3 is 4.57 Å². The summed E-state index contributed by atoms with van der Waals surface area (Å²) in [6.45, 7) is 0. The van der Waals surface area contributed by atoms with Gasteiger partial charge in [0.2, 0.25) is 0 Å². The van der Waals surface area contributed by atoms with Crippen LogP contribution in [0, 0.1) is 11.6 Å². The topological polar surface area (TPSA) is 17.8 Å². The molecule has 2 aromatic rings. The van der Waals surface area contributed by atoms with Crippen LogP contribution in [0.5, 0.6) is 0 Å². The lowest BCUT2D eigenvalue weighted by Crippen LogP contribution is -2.11. The first-order valence-electron chi connectivity index (χ1n) is 7.08. The molecule has 21 heavy (non-hydrogen) atoms. The Morgan fingerprint density at radius 2 is 2.19 bits per heavy atom. The van der Waals surface area contributed by atoms with Gasteiger partial charge in [-0.25, -0.2) is 13.8 Å². The van der Waals surface area contributed by atoms with E-state index in [0.29, 0.717) is 23.1 Å². The molecule has 114 valence electrons. The fourth-order valence-corrected chi connectivity index (χ4v) is 4.16. The fourth-order valence-electron chi connectivity index (χ4n) is 3.20. The molecule has 2 nitrogen and oxygen atoms in total. The van der Waals surface area contributed by atoms with Crippen molar-refractivity contribution in [2.45, 2.75) is 37.0 Å². The van der Waals surface area contributed by atoms with Crippen molar-refractivity contribution in [1.29, 1.82) is 0 Å². The van der Waals surface area contributed by atoms with Crippen molar-refractivity contribution >= 4 is 34.4 Å². The lowest BCUT2D eigenvalue weighted by molar-refractivity contribution is 0.513. The Kier molecular flexibility index (Phi) is 4.41. The number of nitrogens with zero attached hydrogens (tertiary/aromatic N) is 2. The normalized spacial score (nSPS) is 22.3. The number of imidazole rings is 1. The maximum Gasteiger partial charge on any atom is 0.153 e. The van der Waals surface area contributed by atoms with E-state index < -0.39 is 11.6 Å². The summed E-state index contributed by atoms with van der Waals surface area (Å²) in [7, 11) is 0. The van der Waals surface area contributed by atoms with E-state index in [9.17, 15) is 8.78 Å². The third-order valence-electron chi connectivity index (χ3n) is 4.16. The molecule has 1 aromatic heterocycles. The van der Waals surface area contributed by atoms with Crippen molar-refractivity contribution in [3.63, 3.8) is 0 Å². The van der Waals surface area contributed by atoms with Gasteiger partial charge in [-0.15, -0.1) is 11.6 Å². The van der Waals surface area contributed by atoms with Crippen molar-refractivity contribution < 1.29 is 8.78 Å². The van der Waals surface area contributed by atoms with Gasteiger partial charge in [-0.1, -0.05) is 0 Å². The SMILES string of the molecule is CSC1CCC(n2c(CCCl)nc3c(F)cc(F)cc32)C1. The van der Waals surface area contributed by atoms with E-state index in [1.54, 1.807) is 0 Å². The number of alkyl halides is 1. The van der Waals surface area contributed by atoms with Crippen LogP contribution in [0.4, 0.5) is 8.78 Å². The molecule has 1 aromatic carbocycles. The minimum absolute atomic E-state index is 0.254. The van der Waals surface area contributed by atoms with E-state index >= 15 is 0 Å². The first-order chi connectivity index (χ1) is 10.1. The van der Waals surface area contributed by atoms with Crippen molar-refractivity contribution in [1.82, 2.24) is 9.55 Å². The lowest BCUT2D eigenvalue weighted by Gasteiger charge is -2.16. The fraction of sp³-hybridized carbons (Fsp3) is 0.533. The molecule has 0 bridgehead atoms. The molecule has 1 fully saturated rings. The van der Waals surface area contributed by atoms with Gasteiger partial charge in [-0.2, -0.15) is 11.8 Å². The zero-order valence-corrected chi connectivity index (χ0v) is 13.4. The first kappa shape index (κ1) is 15.1. The number of fused-ring (bicyclic) bond motifs is 1. The molecular formula is C15H17ClF2N2S. The summed E-state index contributed by atoms with van der Waals surface area (Å²) in [6, 6.07) is 2.53. The highest BCUT2D eigenvalue weighted by Crippen LogP contribution is 2.39. The Bertz CT molecular complexity index is 659. The molecule has 0 radical (unpaired) electrons. The molecule has 0 amide bonds. The molecule has 2 unspecified atom stereocenters. The maximum atomic E-state index is 14.0. The van der Waals surface area contributed by atoms with Gasteiger partial charge in [0, 0.05) is 29.7 Å². The van der Waals surface area contributed by atoms with E-state index in [4.69, 9.17) is 11.6 Å². The van der Waals surface area contributed by atoms with Crippen molar-refractivity contribution in [2.75, 3.05) is 12.1 Å². The summed E-state index contributed by atoms with van der Waals surface area (Å²) in [6.07, 6.45) is 5.84. The van der Waals surface area contributed by atoms with E-state index in [0.717, 1.165) is 31.2 Å². The van der Waals surface area contributed by atoms with Crippen LogP contribution in [0.15, 0.2) is 12.1 Å². The second-order valence-corrected chi connectivity index (χ2v) is 6.93. The number of hydrogen-bond acceptors (Lipinski definition) is 2. The van der Waals surface area contributed by atoms with Crippen molar-refractivity contribution in [2.24, 2.45) is 0 Å². The summed E-state index contributed by atoms with van der Waals surface area (Å²) < 4.78 is 29.6. The molecule has 1 saturated carbocycles. The highest BCUT2D eigenvalue weighted by Gasteiger charge is 2.29. The molecule has 0 aliphatic heterocycles. The average Bonchev–Trinajstić information content (AvgIpc) is 3.03. The monoisotopic (exact) mass is 330 g/mol. The molecule has 0 saturated heterocycles. The summed E-state index contributed by atoms with van der Waals surface area (Å²) in [4.78, 5) is 4.37. The third-order valence-corrected chi connectivity index (χ3v) is 5.44. The minimum atomic E-state index is -0.598. The molecule has 1 aliphatic rings. The number of thioether (sulfide) groups is 1. The largest absolute Gasteiger partial charge is 0.325 e. The highest BCUT2D eigenvalue weighted by atomic mass is 35.5.